The quantitative estimate of drug-likeness (QED) is 0.454. The summed E-state index contributed by atoms with van der Waals surface area (Å²) in [6.07, 6.45) is -4.65. The van der Waals surface area contributed by atoms with Crippen molar-refractivity contribution in [2.24, 2.45) is 0 Å². The molecule has 0 radical (unpaired) electrons. The molecule has 3 aromatic rings. The number of nitrogens with zero attached hydrogens (tertiary/aromatic N) is 2. The zero-order valence-corrected chi connectivity index (χ0v) is 17.0. The summed E-state index contributed by atoms with van der Waals surface area (Å²) < 4.78 is 39.3. The highest BCUT2D eigenvalue weighted by molar-refractivity contribution is 8.00. The molecular weight excluding hydrogens is 399 g/mol. The Morgan fingerprint density at radius 3 is 2.52 bits per heavy atom. The number of nitrogens with one attached hydrogen (secondary N) is 1. The van der Waals surface area contributed by atoms with Crippen LogP contribution in [0.1, 0.15) is 35.5 Å². The van der Waals surface area contributed by atoms with Gasteiger partial charge < -0.3 is 5.32 Å². The summed E-state index contributed by atoms with van der Waals surface area (Å²) in [5.41, 5.74) is 3.46. The molecule has 1 atom stereocenters. The van der Waals surface area contributed by atoms with Crippen LogP contribution >= 0.6 is 11.8 Å². The van der Waals surface area contributed by atoms with Gasteiger partial charge in [-0.15, -0.1) is 0 Å². The highest BCUT2D eigenvalue weighted by Crippen LogP contribution is 2.32. The first-order valence-electron chi connectivity index (χ1n) is 8.98. The maximum atomic E-state index is 13.1. The molecule has 8 heteroatoms. The molecule has 0 aliphatic rings. The van der Waals surface area contributed by atoms with Crippen LogP contribution in [0.15, 0.2) is 47.5 Å². The molecule has 1 heterocycles. The van der Waals surface area contributed by atoms with Crippen molar-refractivity contribution in [3.05, 3.63) is 65.0 Å². The van der Waals surface area contributed by atoms with Crippen molar-refractivity contribution >= 4 is 28.6 Å². The van der Waals surface area contributed by atoms with Gasteiger partial charge >= 0.3 is 6.18 Å². The van der Waals surface area contributed by atoms with Crippen LogP contribution in [0.25, 0.3) is 10.9 Å². The first-order valence-corrected chi connectivity index (χ1v) is 9.97. The fourth-order valence-corrected chi connectivity index (χ4v) is 3.65. The number of alkyl halides is 3. The van der Waals surface area contributed by atoms with Crippen molar-refractivity contribution in [3.63, 3.8) is 0 Å². The molecule has 0 unspecified atom stereocenters. The molecule has 0 bridgehead atoms. The average Bonchev–Trinajstić information content (AvgIpc) is 2.67. The summed E-state index contributed by atoms with van der Waals surface area (Å²) in [7, 11) is 0. The molecule has 3 rings (SSSR count). The van der Waals surface area contributed by atoms with Crippen LogP contribution in [0.2, 0.25) is 0 Å². The number of halogens is 3. The lowest BCUT2D eigenvalue weighted by Gasteiger charge is -2.16. The summed E-state index contributed by atoms with van der Waals surface area (Å²) in [5, 5.41) is 3.50. The summed E-state index contributed by atoms with van der Waals surface area (Å²) in [5.74, 6) is -1.53. The summed E-state index contributed by atoms with van der Waals surface area (Å²) in [4.78, 5) is 19.6. The number of amides is 1. The molecule has 0 saturated carbocycles. The zero-order valence-electron chi connectivity index (χ0n) is 16.2. The van der Waals surface area contributed by atoms with E-state index in [2.05, 4.69) is 15.3 Å². The lowest BCUT2D eigenvalue weighted by molar-refractivity contribution is -0.145. The summed E-state index contributed by atoms with van der Waals surface area (Å²) >= 11 is 0.968. The van der Waals surface area contributed by atoms with E-state index < -0.39 is 12.0 Å². The summed E-state index contributed by atoms with van der Waals surface area (Å²) in [6, 6.07) is 12.2. The number of fused-ring (bicyclic) bond motifs is 1. The number of para-hydroxylation sites is 1. The van der Waals surface area contributed by atoms with Crippen LogP contribution in [0.5, 0.6) is 0 Å². The van der Waals surface area contributed by atoms with E-state index >= 15 is 0 Å². The predicted molar refractivity (Wildman–Crippen MR) is 108 cm³/mol. The standard InChI is InChI=1S/C21H20F3N3OS/c1-12-8-9-15(10-13(12)2)14(3)25-18(28)11-29-19-16-6-4-5-7-17(16)26-20(27-19)21(22,23)24/h4-10,14H,11H2,1-3H3,(H,25,28)/t14-/m1/s1. The Morgan fingerprint density at radius 1 is 1.10 bits per heavy atom. The van der Waals surface area contributed by atoms with Gasteiger partial charge in [-0.05, 0) is 43.5 Å². The largest absolute Gasteiger partial charge is 0.451 e. The van der Waals surface area contributed by atoms with Crippen molar-refractivity contribution in [3.8, 4) is 0 Å². The van der Waals surface area contributed by atoms with Crippen LogP contribution < -0.4 is 5.32 Å². The number of aromatic nitrogens is 2. The van der Waals surface area contributed by atoms with Crippen LogP contribution in [0.3, 0.4) is 0 Å². The fraction of sp³-hybridized carbons (Fsp3) is 0.286. The number of hydrogen-bond donors (Lipinski definition) is 1. The normalized spacial score (nSPS) is 12.8. The number of hydrogen-bond acceptors (Lipinski definition) is 4. The van der Waals surface area contributed by atoms with Crippen molar-refractivity contribution in [1.29, 1.82) is 0 Å². The second-order valence-electron chi connectivity index (χ2n) is 6.79. The maximum Gasteiger partial charge on any atom is 0.451 e. The molecule has 1 N–H and O–H groups in total. The van der Waals surface area contributed by atoms with E-state index in [-0.39, 0.29) is 28.2 Å². The number of aryl methyl sites for hydroxylation is 2. The minimum absolute atomic E-state index is 0.0481. The minimum atomic E-state index is -4.65. The molecule has 2 aromatic carbocycles. The van der Waals surface area contributed by atoms with Crippen molar-refractivity contribution in [2.45, 2.75) is 38.0 Å². The van der Waals surface area contributed by atoms with Gasteiger partial charge in [-0.25, -0.2) is 9.97 Å². The number of carbonyl (C=O) groups is 1. The predicted octanol–water partition coefficient (Wildman–Crippen LogP) is 5.23. The van der Waals surface area contributed by atoms with E-state index in [1.54, 1.807) is 18.2 Å². The first kappa shape index (κ1) is 21.1. The fourth-order valence-electron chi connectivity index (χ4n) is 2.82. The highest BCUT2D eigenvalue weighted by atomic mass is 32.2. The molecule has 152 valence electrons. The molecule has 1 amide bonds. The van der Waals surface area contributed by atoms with E-state index in [4.69, 9.17) is 0 Å². The molecule has 0 spiro atoms. The Morgan fingerprint density at radius 2 is 1.83 bits per heavy atom. The highest BCUT2D eigenvalue weighted by Gasteiger charge is 2.35. The third-order valence-electron chi connectivity index (χ3n) is 4.57. The Labute approximate surface area is 170 Å². The Balaban J connectivity index is 1.74. The topological polar surface area (TPSA) is 54.9 Å². The smallest absolute Gasteiger partial charge is 0.349 e. The molecular formula is C21H20F3N3OS. The molecule has 29 heavy (non-hydrogen) atoms. The molecule has 0 saturated heterocycles. The lowest BCUT2D eigenvalue weighted by atomic mass is 10.0. The van der Waals surface area contributed by atoms with Gasteiger partial charge in [0.25, 0.3) is 0 Å². The van der Waals surface area contributed by atoms with Gasteiger partial charge in [0.15, 0.2) is 0 Å². The third kappa shape index (κ3) is 5.06. The van der Waals surface area contributed by atoms with Crippen molar-refractivity contribution < 1.29 is 18.0 Å². The first-order chi connectivity index (χ1) is 13.6. The van der Waals surface area contributed by atoms with Gasteiger partial charge in [-0.2, -0.15) is 13.2 Å². The second kappa shape index (κ2) is 8.41. The van der Waals surface area contributed by atoms with E-state index in [0.29, 0.717) is 5.39 Å². The van der Waals surface area contributed by atoms with Gasteiger partial charge in [-0.1, -0.05) is 48.2 Å². The molecule has 0 fully saturated rings. The van der Waals surface area contributed by atoms with Crippen LogP contribution in [-0.2, 0) is 11.0 Å². The van der Waals surface area contributed by atoms with Gasteiger partial charge in [0, 0.05) is 5.39 Å². The number of rotatable bonds is 5. The third-order valence-corrected chi connectivity index (χ3v) is 5.56. The molecule has 0 aliphatic heterocycles. The Hall–Kier alpha value is -2.61. The maximum absolute atomic E-state index is 13.1. The van der Waals surface area contributed by atoms with Gasteiger partial charge in [-0.3, -0.25) is 4.79 Å². The second-order valence-corrected chi connectivity index (χ2v) is 7.75. The van der Waals surface area contributed by atoms with E-state index in [1.165, 1.54) is 11.6 Å². The molecule has 0 aliphatic carbocycles. The van der Waals surface area contributed by atoms with E-state index in [9.17, 15) is 18.0 Å². The molecule has 4 nitrogen and oxygen atoms in total. The van der Waals surface area contributed by atoms with Crippen LogP contribution in [0, 0.1) is 13.8 Å². The number of benzene rings is 2. The van der Waals surface area contributed by atoms with Crippen LogP contribution in [-0.4, -0.2) is 21.6 Å². The monoisotopic (exact) mass is 419 g/mol. The van der Waals surface area contributed by atoms with E-state index in [0.717, 1.165) is 22.9 Å². The minimum Gasteiger partial charge on any atom is -0.349 e. The zero-order chi connectivity index (χ0) is 21.2. The Kier molecular flexibility index (Phi) is 6.12. The van der Waals surface area contributed by atoms with Crippen molar-refractivity contribution in [2.75, 3.05) is 5.75 Å². The average molecular weight is 419 g/mol. The number of carbonyl (C=O) groups excluding carboxylic acids is 1. The number of thioether (sulfide) groups is 1. The van der Waals surface area contributed by atoms with Crippen molar-refractivity contribution in [1.82, 2.24) is 15.3 Å². The lowest BCUT2D eigenvalue weighted by Crippen LogP contribution is -2.28. The van der Waals surface area contributed by atoms with E-state index in [1.807, 2.05) is 39.0 Å². The Bertz CT molecular complexity index is 1050. The van der Waals surface area contributed by atoms with Crippen LogP contribution in [0.4, 0.5) is 13.2 Å². The van der Waals surface area contributed by atoms with Gasteiger partial charge in [0.1, 0.15) is 5.03 Å². The summed E-state index contributed by atoms with van der Waals surface area (Å²) in [6.45, 7) is 5.89. The SMILES string of the molecule is Cc1ccc([C@@H](C)NC(=O)CSc2nc(C(F)(F)F)nc3ccccc23)cc1C. The van der Waals surface area contributed by atoms with Gasteiger partial charge in [0.05, 0.1) is 17.3 Å². The molecule has 1 aromatic heterocycles. The van der Waals surface area contributed by atoms with Gasteiger partial charge in [0.2, 0.25) is 11.7 Å².